The normalized spacial score (nSPS) is 10.5. The van der Waals surface area contributed by atoms with Gasteiger partial charge in [-0.2, -0.15) is 0 Å². The molecule has 0 spiro atoms. The van der Waals surface area contributed by atoms with E-state index >= 15 is 0 Å². The van der Waals surface area contributed by atoms with Gasteiger partial charge in [-0.3, -0.25) is 4.79 Å². The lowest BCUT2D eigenvalue weighted by atomic mass is 10.1. The van der Waals surface area contributed by atoms with Crippen LogP contribution in [0.25, 0.3) is 0 Å². The number of rotatable bonds is 5. The number of carbonyl (C=O) groups excluding carboxylic acids is 1. The summed E-state index contributed by atoms with van der Waals surface area (Å²) in [5.41, 5.74) is 4.62. The maximum absolute atomic E-state index is 12.4. The Morgan fingerprint density at radius 3 is 2.60 bits per heavy atom. The van der Waals surface area contributed by atoms with Crippen molar-refractivity contribution in [1.29, 1.82) is 0 Å². The second-order valence-electron chi connectivity index (χ2n) is 5.92. The molecule has 0 aliphatic rings. The predicted molar refractivity (Wildman–Crippen MR) is 102 cm³/mol. The second kappa shape index (κ2) is 7.49. The fraction of sp³-hybridized carbons (Fsp3) is 0.200. The molecule has 0 bridgehead atoms. The molecule has 25 heavy (non-hydrogen) atoms. The average molecular weight is 352 g/mol. The first-order valence-electron chi connectivity index (χ1n) is 8.01. The number of ether oxygens (including phenoxy) is 1. The van der Waals surface area contributed by atoms with Gasteiger partial charge in [0.1, 0.15) is 11.4 Å². The molecule has 1 N–H and O–H groups in total. The van der Waals surface area contributed by atoms with Crippen molar-refractivity contribution in [2.45, 2.75) is 20.3 Å². The highest BCUT2D eigenvalue weighted by Crippen LogP contribution is 2.20. The highest BCUT2D eigenvalue weighted by atomic mass is 32.1. The molecular weight excluding hydrogens is 332 g/mol. The molecule has 128 valence electrons. The minimum atomic E-state index is -0.177. The van der Waals surface area contributed by atoms with Crippen LogP contribution >= 0.6 is 11.3 Å². The monoisotopic (exact) mass is 352 g/mol. The van der Waals surface area contributed by atoms with E-state index in [9.17, 15) is 4.79 Å². The van der Waals surface area contributed by atoms with E-state index in [1.54, 1.807) is 12.5 Å². The molecule has 0 saturated heterocycles. The average Bonchev–Trinajstić information content (AvgIpc) is 3.07. The third-order valence-electron chi connectivity index (χ3n) is 3.93. The van der Waals surface area contributed by atoms with E-state index < -0.39 is 0 Å². The van der Waals surface area contributed by atoms with Crippen molar-refractivity contribution in [1.82, 2.24) is 4.98 Å². The molecular formula is C20H20N2O2S. The summed E-state index contributed by atoms with van der Waals surface area (Å²) in [6.45, 7) is 4.02. The van der Waals surface area contributed by atoms with Gasteiger partial charge in [0.2, 0.25) is 0 Å². The molecule has 3 rings (SSSR count). The summed E-state index contributed by atoms with van der Waals surface area (Å²) in [6, 6.07) is 13.8. The van der Waals surface area contributed by atoms with Gasteiger partial charge in [-0.1, -0.05) is 29.8 Å². The number of hydrogen-bond donors (Lipinski definition) is 1. The molecule has 1 amide bonds. The highest BCUT2D eigenvalue weighted by Gasteiger charge is 2.12. The van der Waals surface area contributed by atoms with Crippen LogP contribution in [-0.2, 0) is 6.42 Å². The van der Waals surface area contributed by atoms with E-state index in [1.165, 1.54) is 16.9 Å². The Kier molecular flexibility index (Phi) is 5.14. The van der Waals surface area contributed by atoms with E-state index in [0.29, 0.717) is 12.1 Å². The molecule has 2 aromatic carbocycles. The first-order chi connectivity index (χ1) is 12.0. The van der Waals surface area contributed by atoms with Crippen LogP contribution in [0.1, 0.15) is 32.2 Å². The lowest BCUT2D eigenvalue weighted by molar-refractivity contribution is 0.102. The minimum Gasteiger partial charge on any atom is -0.497 e. The Balaban J connectivity index is 1.68. The van der Waals surface area contributed by atoms with Gasteiger partial charge in [-0.25, -0.2) is 4.98 Å². The summed E-state index contributed by atoms with van der Waals surface area (Å²) < 4.78 is 5.16. The van der Waals surface area contributed by atoms with Crippen LogP contribution in [0.3, 0.4) is 0 Å². The number of benzene rings is 2. The van der Waals surface area contributed by atoms with Gasteiger partial charge < -0.3 is 10.1 Å². The summed E-state index contributed by atoms with van der Waals surface area (Å²) in [6.07, 6.45) is 0.700. The van der Waals surface area contributed by atoms with Crippen LogP contribution in [0.5, 0.6) is 5.75 Å². The number of aryl methyl sites for hydroxylation is 2. The van der Waals surface area contributed by atoms with Gasteiger partial charge >= 0.3 is 0 Å². The standard InChI is InChI=1S/C20H20N2O2S/c1-13-4-9-17(14(2)10-13)22-20(23)18-12-25-19(21-18)11-15-5-7-16(24-3)8-6-15/h4-10,12H,11H2,1-3H3,(H,22,23). The van der Waals surface area contributed by atoms with Crippen molar-refractivity contribution in [3.63, 3.8) is 0 Å². The number of hydrogen-bond acceptors (Lipinski definition) is 4. The van der Waals surface area contributed by atoms with Crippen molar-refractivity contribution in [3.8, 4) is 5.75 Å². The van der Waals surface area contributed by atoms with Crippen LogP contribution < -0.4 is 10.1 Å². The molecule has 0 atom stereocenters. The van der Waals surface area contributed by atoms with Crippen molar-refractivity contribution >= 4 is 22.9 Å². The number of aromatic nitrogens is 1. The topological polar surface area (TPSA) is 51.2 Å². The molecule has 1 aromatic heterocycles. The summed E-state index contributed by atoms with van der Waals surface area (Å²) in [5.74, 6) is 0.653. The zero-order valence-corrected chi connectivity index (χ0v) is 15.3. The SMILES string of the molecule is COc1ccc(Cc2nc(C(=O)Nc3ccc(C)cc3C)cs2)cc1. The Labute approximate surface area is 151 Å². The van der Waals surface area contributed by atoms with Crippen LogP contribution in [0.2, 0.25) is 0 Å². The van der Waals surface area contributed by atoms with Crippen molar-refractivity contribution < 1.29 is 9.53 Å². The van der Waals surface area contributed by atoms with E-state index in [2.05, 4.69) is 10.3 Å². The maximum atomic E-state index is 12.4. The highest BCUT2D eigenvalue weighted by molar-refractivity contribution is 7.09. The lowest BCUT2D eigenvalue weighted by Gasteiger charge is -2.07. The number of thiazole rings is 1. The van der Waals surface area contributed by atoms with Gasteiger partial charge in [0.15, 0.2) is 0 Å². The first kappa shape index (κ1) is 17.2. The van der Waals surface area contributed by atoms with E-state index in [0.717, 1.165) is 27.6 Å². The summed E-state index contributed by atoms with van der Waals surface area (Å²) in [4.78, 5) is 16.9. The molecule has 0 aliphatic heterocycles. The Bertz CT molecular complexity index is 885. The smallest absolute Gasteiger partial charge is 0.275 e. The molecule has 0 saturated carbocycles. The van der Waals surface area contributed by atoms with Gasteiger partial charge in [-0.15, -0.1) is 11.3 Å². The number of nitrogens with zero attached hydrogens (tertiary/aromatic N) is 1. The Morgan fingerprint density at radius 2 is 1.92 bits per heavy atom. The lowest BCUT2D eigenvalue weighted by Crippen LogP contribution is -2.13. The van der Waals surface area contributed by atoms with Gasteiger partial charge in [0.25, 0.3) is 5.91 Å². The Morgan fingerprint density at radius 1 is 1.16 bits per heavy atom. The van der Waals surface area contributed by atoms with Crippen LogP contribution in [-0.4, -0.2) is 18.0 Å². The van der Waals surface area contributed by atoms with E-state index in [-0.39, 0.29) is 5.91 Å². The second-order valence-corrected chi connectivity index (χ2v) is 6.87. The van der Waals surface area contributed by atoms with Crippen LogP contribution in [0.15, 0.2) is 47.8 Å². The third-order valence-corrected chi connectivity index (χ3v) is 4.78. The fourth-order valence-electron chi connectivity index (χ4n) is 2.55. The number of nitrogens with one attached hydrogen (secondary N) is 1. The van der Waals surface area contributed by atoms with Gasteiger partial charge in [0.05, 0.1) is 12.1 Å². The summed E-state index contributed by atoms with van der Waals surface area (Å²) >= 11 is 1.50. The van der Waals surface area contributed by atoms with Crippen molar-refractivity contribution in [3.05, 3.63) is 75.2 Å². The van der Waals surface area contributed by atoms with Crippen molar-refractivity contribution in [2.24, 2.45) is 0 Å². The molecule has 5 heteroatoms. The fourth-order valence-corrected chi connectivity index (χ4v) is 3.36. The summed E-state index contributed by atoms with van der Waals surface area (Å²) in [7, 11) is 1.65. The Hall–Kier alpha value is -2.66. The molecule has 0 radical (unpaired) electrons. The summed E-state index contributed by atoms with van der Waals surface area (Å²) in [5, 5.41) is 5.65. The van der Waals surface area contributed by atoms with Crippen LogP contribution in [0, 0.1) is 13.8 Å². The number of methoxy groups -OCH3 is 1. The zero-order valence-electron chi connectivity index (χ0n) is 14.5. The minimum absolute atomic E-state index is 0.177. The number of anilines is 1. The quantitative estimate of drug-likeness (QED) is 0.729. The molecule has 0 unspecified atom stereocenters. The van der Waals surface area contributed by atoms with Crippen LogP contribution in [0.4, 0.5) is 5.69 Å². The molecule has 1 heterocycles. The molecule has 3 aromatic rings. The third kappa shape index (κ3) is 4.25. The first-order valence-corrected chi connectivity index (χ1v) is 8.89. The largest absolute Gasteiger partial charge is 0.497 e. The van der Waals surface area contributed by atoms with Crippen molar-refractivity contribution in [2.75, 3.05) is 12.4 Å². The van der Waals surface area contributed by atoms with E-state index in [4.69, 9.17) is 4.74 Å². The van der Waals surface area contributed by atoms with Gasteiger partial charge in [-0.05, 0) is 43.2 Å². The van der Waals surface area contributed by atoms with E-state index in [1.807, 2.05) is 56.3 Å². The predicted octanol–water partition coefficient (Wildman–Crippen LogP) is 4.61. The molecule has 0 aliphatic carbocycles. The molecule has 4 nitrogen and oxygen atoms in total. The number of amides is 1. The maximum Gasteiger partial charge on any atom is 0.275 e. The molecule has 0 fully saturated rings. The van der Waals surface area contributed by atoms with Gasteiger partial charge in [0, 0.05) is 17.5 Å². The zero-order chi connectivity index (χ0) is 17.8. The number of carbonyl (C=O) groups is 1.